The number of methoxy groups -OCH3 is 1. The minimum absolute atomic E-state index is 0.0385. The predicted octanol–water partition coefficient (Wildman–Crippen LogP) is 5.70. The summed E-state index contributed by atoms with van der Waals surface area (Å²) in [6.07, 6.45) is 0.231. The number of nitrogens with zero attached hydrogens (tertiary/aromatic N) is 2. The van der Waals surface area contributed by atoms with Crippen LogP contribution in [0.1, 0.15) is 31.9 Å². The Bertz CT molecular complexity index is 1700. The molecule has 4 aromatic rings. The Balaban J connectivity index is 1.80. The molecule has 0 aliphatic carbocycles. The Morgan fingerprint density at radius 3 is 2.06 bits per heavy atom. The fraction of sp³-hybridized carbons (Fsp3) is 0.297. The molecule has 1 N–H and O–H groups in total. The van der Waals surface area contributed by atoms with E-state index in [4.69, 9.17) is 9.47 Å². The molecule has 2 amide bonds. The number of carbonyl (C=O) groups excluding carboxylic acids is 2. The summed E-state index contributed by atoms with van der Waals surface area (Å²) >= 11 is 0. The highest BCUT2D eigenvalue weighted by atomic mass is 32.2. The molecule has 0 spiro atoms. The summed E-state index contributed by atoms with van der Waals surface area (Å²) in [7, 11) is -2.63. The number of benzene rings is 4. The fourth-order valence-electron chi connectivity index (χ4n) is 5.07. The summed E-state index contributed by atoms with van der Waals surface area (Å²) in [4.78, 5) is 30.0. The molecule has 0 aromatic heterocycles. The number of rotatable bonds is 16. The zero-order chi connectivity index (χ0) is 33.8. The standard InChI is InChI=1S/C37H43N3O6S/c1-5-46-32-21-19-31(20-22-32)40(47(43,44)34-17-10-7-11-18-34)27-36(41)39(26-30-15-12-16-33(23-30)45-4)35(37(42)38-25-28(2)3)24-29-13-8-6-9-14-29/h6-23,28,35H,5,24-27H2,1-4H3,(H,38,42)/t35-/m1/s1. The minimum atomic E-state index is -4.19. The van der Waals surface area contributed by atoms with Gasteiger partial charge in [0.05, 0.1) is 24.3 Å². The van der Waals surface area contributed by atoms with Crippen molar-refractivity contribution in [3.63, 3.8) is 0 Å². The second-order valence-corrected chi connectivity index (χ2v) is 13.3. The number of hydrogen-bond acceptors (Lipinski definition) is 6. The van der Waals surface area contributed by atoms with Crippen molar-refractivity contribution in [2.45, 2.75) is 44.7 Å². The number of sulfonamides is 1. The molecule has 4 aromatic carbocycles. The van der Waals surface area contributed by atoms with Crippen LogP contribution < -0.4 is 19.1 Å². The highest BCUT2D eigenvalue weighted by Gasteiger charge is 2.34. The second kappa shape index (κ2) is 16.6. The first kappa shape index (κ1) is 35.0. The lowest BCUT2D eigenvalue weighted by atomic mass is 10.0. The number of nitrogens with one attached hydrogen (secondary N) is 1. The Morgan fingerprint density at radius 2 is 1.45 bits per heavy atom. The van der Waals surface area contributed by atoms with E-state index < -0.39 is 28.5 Å². The molecule has 248 valence electrons. The summed E-state index contributed by atoms with van der Waals surface area (Å²) in [5, 5.41) is 3.00. The Morgan fingerprint density at radius 1 is 0.809 bits per heavy atom. The molecule has 0 saturated heterocycles. The van der Waals surface area contributed by atoms with E-state index in [2.05, 4.69) is 5.32 Å². The molecular weight excluding hydrogens is 614 g/mol. The molecule has 0 heterocycles. The highest BCUT2D eigenvalue weighted by molar-refractivity contribution is 7.92. The van der Waals surface area contributed by atoms with E-state index in [-0.39, 0.29) is 35.4 Å². The zero-order valence-corrected chi connectivity index (χ0v) is 28.2. The molecular formula is C37H43N3O6S. The van der Waals surface area contributed by atoms with Crippen molar-refractivity contribution in [1.29, 1.82) is 0 Å². The molecule has 0 fully saturated rings. The molecule has 9 nitrogen and oxygen atoms in total. The number of anilines is 1. The van der Waals surface area contributed by atoms with Gasteiger partial charge < -0.3 is 19.7 Å². The van der Waals surface area contributed by atoms with Crippen LogP contribution in [0.25, 0.3) is 0 Å². The average Bonchev–Trinajstić information content (AvgIpc) is 3.09. The minimum Gasteiger partial charge on any atom is -0.497 e. The van der Waals surface area contributed by atoms with Crippen LogP contribution >= 0.6 is 0 Å². The van der Waals surface area contributed by atoms with Crippen LogP contribution in [0.15, 0.2) is 114 Å². The monoisotopic (exact) mass is 657 g/mol. The molecule has 1 atom stereocenters. The first-order chi connectivity index (χ1) is 22.6. The highest BCUT2D eigenvalue weighted by Crippen LogP contribution is 2.27. The van der Waals surface area contributed by atoms with Gasteiger partial charge in [0.1, 0.15) is 24.1 Å². The largest absolute Gasteiger partial charge is 0.497 e. The van der Waals surface area contributed by atoms with Gasteiger partial charge in [0.2, 0.25) is 11.8 Å². The van der Waals surface area contributed by atoms with Crippen molar-refractivity contribution in [3.8, 4) is 11.5 Å². The lowest BCUT2D eigenvalue weighted by molar-refractivity contribution is -0.140. The molecule has 10 heteroatoms. The van der Waals surface area contributed by atoms with Crippen LogP contribution in [0.4, 0.5) is 5.69 Å². The number of ether oxygens (including phenoxy) is 2. The van der Waals surface area contributed by atoms with Gasteiger partial charge in [-0.2, -0.15) is 0 Å². The predicted molar refractivity (Wildman–Crippen MR) is 184 cm³/mol. The summed E-state index contributed by atoms with van der Waals surface area (Å²) in [5.41, 5.74) is 1.88. The maximum Gasteiger partial charge on any atom is 0.264 e. The first-order valence-electron chi connectivity index (χ1n) is 15.7. The lowest BCUT2D eigenvalue weighted by Gasteiger charge is -2.34. The first-order valence-corrected chi connectivity index (χ1v) is 17.1. The number of carbonyl (C=O) groups is 2. The molecule has 0 aliphatic rings. The number of hydrogen-bond donors (Lipinski definition) is 1. The van der Waals surface area contributed by atoms with Crippen molar-refractivity contribution in [1.82, 2.24) is 10.2 Å². The van der Waals surface area contributed by atoms with Gasteiger partial charge in [0.15, 0.2) is 0 Å². The van der Waals surface area contributed by atoms with Gasteiger partial charge in [0, 0.05) is 19.5 Å². The topological polar surface area (TPSA) is 105 Å². The van der Waals surface area contributed by atoms with E-state index in [1.807, 2.05) is 63.2 Å². The molecule has 4 rings (SSSR count). The van der Waals surface area contributed by atoms with Gasteiger partial charge in [-0.05, 0) is 72.5 Å². The molecule has 0 aliphatic heterocycles. The smallest absolute Gasteiger partial charge is 0.264 e. The van der Waals surface area contributed by atoms with Crippen LogP contribution in [0, 0.1) is 5.92 Å². The Labute approximate surface area is 278 Å². The third-order valence-corrected chi connectivity index (χ3v) is 9.28. The van der Waals surface area contributed by atoms with Crippen molar-refractivity contribution < 1.29 is 27.5 Å². The second-order valence-electron chi connectivity index (χ2n) is 11.5. The molecule has 0 radical (unpaired) electrons. The summed E-state index contributed by atoms with van der Waals surface area (Å²) in [6.45, 7) is 6.22. The van der Waals surface area contributed by atoms with Crippen LogP contribution in [0.5, 0.6) is 11.5 Å². The van der Waals surface area contributed by atoms with Crippen molar-refractivity contribution >= 4 is 27.5 Å². The zero-order valence-electron chi connectivity index (χ0n) is 27.3. The van der Waals surface area contributed by atoms with E-state index in [9.17, 15) is 18.0 Å². The van der Waals surface area contributed by atoms with Crippen LogP contribution in [-0.4, -0.2) is 58.0 Å². The third-order valence-electron chi connectivity index (χ3n) is 7.49. The van der Waals surface area contributed by atoms with Crippen molar-refractivity contribution in [2.24, 2.45) is 5.92 Å². The molecule has 47 heavy (non-hydrogen) atoms. The van der Waals surface area contributed by atoms with Crippen molar-refractivity contribution in [3.05, 3.63) is 120 Å². The molecule has 0 unspecified atom stereocenters. The Hall–Kier alpha value is -4.83. The molecule has 0 bridgehead atoms. The summed E-state index contributed by atoms with van der Waals surface area (Å²) in [6, 6.07) is 30.3. The van der Waals surface area contributed by atoms with Gasteiger partial charge in [-0.1, -0.05) is 74.5 Å². The lowest BCUT2D eigenvalue weighted by Crippen LogP contribution is -2.53. The third kappa shape index (κ3) is 9.59. The fourth-order valence-corrected chi connectivity index (χ4v) is 6.50. The van der Waals surface area contributed by atoms with Crippen LogP contribution in [0.2, 0.25) is 0 Å². The Kier molecular flexibility index (Phi) is 12.4. The van der Waals surface area contributed by atoms with E-state index >= 15 is 0 Å². The van der Waals surface area contributed by atoms with Crippen molar-refractivity contribution in [2.75, 3.05) is 31.1 Å². The normalized spacial score (nSPS) is 11.9. The SMILES string of the molecule is CCOc1ccc(N(CC(=O)N(Cc2cccc(OC)c2)[C@H](Cc2ccccc2)C(=O)NCC(C)C)S(=O)(=O)c2ccccc2)cc1. The van der Waals surface area contributed by atoms with E-state index in [1.165, 1.54) is 17.0 Å². The van der Waals surface area contributed by atoms with Gasteiger partial charge in [0.25, 0.3) is 10.0 Å². The van der Waals surface area contributed by atoms with E-state index in [1.54, 1.807) is 61.7 Å². The summed E-state index contributed by atoms with van der Waals surface area (Å²) < 4.78 is 40.4. The quantitative estimate of drug-likeness (QED) is 0.166. The number of amides is 2. The van der Waals surface area contributed by atoms with Gasteiger partial charge in [-0.25, -0.2) is 8.42 Å². The van der Waals surface area contributed by atoms with E-state index in [0.29, 0.717) is 24.7 Å². The maximum atomic E-state index is 14.6. The van der Waals surface area contributed by atoms with Gasteiger partial charge in [-0.3, -0.25) is 13.9 Å². The van der Waals surface area contributed by atoms with Gasteiger partial charge >= 0.3 is 0 Å². The summed E-state index contributed by atoms with van der Waals surface area (Å²) in [5.74, 6) is 0.495. The van der Waals surface area contributed by atoms with Gasteiger partial charge in [-0.15, -0.1) is 0 Å². The van der Waals surface area contributed by atoms with E-state index in [0.717, 1.165) is 15.4 Å². The average molecular weight is 658 g/mol. The van der Waals surface area contributed by atoms with Crippen LogP contribution in [-0.2, 0) is 32.6 Å². The van der Waals surface area contributed by atoms with Crippen LogP contribution in [0.3, 0.4) is 0 Å². The maximum absolute atomic E-state index is 14.6. The molecule has 0 saturated carbocycles.